The summed E-state index contributed by atoms with van der Waals surface area (Å²) in [6.45, 7) is 0. The van der Waals surface area contributed by atoms with E-state index in [4.69, 9.17) is 0 Å². The van der Waals surface area contributed by atoms with Gasteiger partial charge in [-0.3, -0.25) is 4.90 Å². The van der Waals surface area contributed by atoms with Gasteiger partial charge in [0.2, 0.25) is 0 Å². The molecule has 0 aliphatic heterocycles. The Bertz CT molecular complexity index is 1250. The molecule has 0 atom stereocenters. The van der Waals surface area contributed by atoms with Crippen molar-refractivity contribution in [2.45, 2.75) is 0 Å². The van der Waals surface area contributed by atoms with Crippen LogP contribution in [0.2, 0.25) is 0 Å². The van der Waals surface area contributed by atoms with Crippen molar-refractivity contribution in [1.82, 2.24) is 0 Å². The molecule has 0 aliphatic carbocycles. The third kappa shape index (κ3) is 3.46. The van der Waals surface area contributed by atoms with Gasteiger partial charge in [-0.15, -0.1) is 0 Å². The first kappa shape index (κ1) is 18.0. The highest BCUT2D eigenvalue weighted by molar-refractivity contribution is 5.99. The Morgan fingerprint density at radius 1 is 0.621 bits per heavy atom. The zero-order valence-electron chi connectivity index (χ0n) is 15.7. The van der Waals surface area contributed by atoms with Crippen molar-refractivity contribution in [2.75, 3.05) is 4.90 Å². The van der Waals surface area contributed by atoms with Crippen LogP contribution in [0.1, 0.15) is 5.56 Å². The molecule has 0 amide bonds. The van der Waals surface area contributed by atoms with Crippen molar-refractivity contribution in [3.63, 3.8) is 0 Å². The smallest absolute Gasteiger partial charge is 0.143 e. The fraction of sp³-hybridized carbons (Fsp3) is 0. The fourth-order valence-corrected chi connectivity index (χ4v) is 3.45. The molecule has 4 aromatic carbocycles. The topological polar surface area (TPSA) is 50.8 Å². The van der Waals surface area contributed by atoms with Crippen molar-refractivity contribution >= 4 is 27.7 Å². The minimum Gasteiger partial charge on any atom is -0.300 e. The monoisotopic (exact) mass is 371 g/mol. The molecule has 3 nitrogen and oxygen atoms in total. The number of nitriles is 2. The van der Waals surface area contributed by atoms with Crippen molar-refractivity contribution in [3.8, 4) is 12.1 Å². The molecule has 0 spiro atoms. The van der Waals surface area contributed by atoms with Crippen LogP contribution in [0.4, 0.5) is 11.4 Å². The number of allylic oxidation sites excluding steroid dienone is 2. The van der Waals surface area contributed by atoms with E-state index in [-0.39, 0.29) is 0 Å². The first-order valence-corrected chi connectivity index (χ1v) is 9.26. The molecule has 0 bridgehead atoms. The number of nitrogens with zero attached hydrogens (tertiary/aromatic N) is 3. The van der Waals surface area contributed by atoms with E-state index in [0.717, 1.165) is 22.1 Å². The van der Waals surface area contributed by atoms with E-state index in [1.54, 1.807) is 0 Å². The highest BCUT2D eigenvalue weighted by Crippen LogP contribution is 2.37. The molecular weight excluding hydrogens is 354 g/mol. The van der Waals surface area contributed by atoms with E-state index in [9.17, 15) is 10.5 Å². The van der Waals surface area contributed by atoms with Gasteiger partial charge in [0.05, 0.1) is 11.3 Å². The number of anilines is 2. The molecule has 0 unspecified atom stereocenters. The van der Waals surface area contributed by atoms with Crippen LogP contribution in [0.3, 0.4) is 0 Å². The Morgan fingerprint density at radius 3 is 1.93 bits per heavy atom. The molecule has 0 radical (unpaired) electrons. The molecule has 0 fully saturated rings. The van der Waals surface area contributed by atoms with Crippen LogP contribution in [-0.2, 0) is 0 Å². The summed E-state index contributed by atoms with van der Waals surface area (Å²) in [6, 6.07) is 37.6. The number of fused-ring (bicyclic) bond motifs is 1. The highest BCUT2D eigenvalue weighted by atomic mass is 15.2. The van der Waals surface area contributed by atoms with E-state index in [1.165, 1.54) is 0 Å². The number of hydrogen-bond acceptors (Lipinski definition) is 3. The van der Waals surface area contributed by atoms with Crippen molar-refractivity contribution < 1.29 is 0 Å². The zero-order valence-corrected chi connectivity index (χ0v) is 15.7. The SMILES string of the molecule is N#C/C(=C(/C#N)N(c1ccccc1)c1cccc2ccccc12)c1ccccc1. The Morgan fingerprint density at radius 2 is 1.24 bits per heavy atom. The summed E-state index contributed by atoms with van der Waals surface area (Å²) in [5, 5.41) is 22.2. The molecule has 29 heavy (non-hydrogen) atoms. The molecular formula is C26H17N3. The Kier molecular flexibility index (Phi) is 5.06. The maximum absolute atomic E-state index is 10.2. The van der Waals surface area contributed by atoms with Crippen molar-refractivity contribution in [1.29, 1.82) is 10.5 Å². The van der Waals surface area contributed by atoms with Crippen LogP contribution in [0.25, 0.3) is 16.3 Å². The summed E-state index contributed by atoms with van der Waals surface area (Å²) >= 11 is 0. The molecule has 4 rings (SSSR count). The minimum absolute atomic E-state index is 0.293. The van der Waals surface area contributed by atoms with Crippen LogP contribution in [0, 0.1) is 22.7 Å². The molecule has 0 aromatic heterocycles. The van der Waals surface area contributed by atoms with E-state index < -0.39 is 0 Å². The van der Waals surface area contributed by atoms with Gasteiger partial charge in [0.25, 0.3) is 0 Å². The highest BCUT2D eigenvalue weighted by Gasteiger charge is 2.21. The van der Waals surface area contributed by atoms with E-state index in [0.29, 0.717) is 16.8 Å². The molecule has 0 heterocycles. The normalized spacial score (nSPS) is 11.2. The quantitative estimate of drug-likeness (QED) is 0.388. The molecule has 0 saturated carbocycles. The molecule has 3 heteroatoms. The molecule has 136 valence electrons. The van der Waals surface area contributed by atoms with Crippen molar-refractivity contribution in [2.24, 2.45) is 0 Å². The first-order chi connectivity index (χ1) is 14.3. The number of hydrogen-bond donors (Lipinski definition) is 0. The summed E-state index contributed by atoms with van der Waals surface area (Å²) in [6.07, 6.45) is 0. The van der Waals surface area contributed by atoms with Crippen molar-refractivity contribution in [3.05, 3.63) is 114 Å². The Labute approximate surface area is 170 Å². The van der Waals surface area contributed by atoms with Crippen LogP contribution >= 0.6 is 0 Å². The first-order valence-electron chi connectivity index (χ1n) is 9.26. The minimum atomic E-state index is 0.293. The molecule has 4 aromatic rings. The lowest BCUT2D eigenvalue weighted by atomic mass is 10.0. The van der Waals surface area contributed by atoms with Gasteiger partial charge in [-0.1, -0.05) is 84.9 Å². The summed E-state index contributed by atoms with van der Waals surface area (Å²) in [5.74, 6) is 0. The maximum atomic E-state index is 10.2. The Balaban J connectivity index is 2.05. The van der Waals surface area contributed by atoms with Crippen LogP contribution in [-0.4, -0.2) is 0 Å². The second-order valence-electron chi connectivity index (χ2n) is 6.48. The third-order valence-corrected chi connectivity index (χ3v) is 4.76. The zero-order chi connectivity index (χ0) is 20.1. The third-order valence-electron chi connectivity index (χ3n) is 4.76. The number of benzene rings is 4. The van der Waals surface area contributed by atoms with Gasteiger partial charge in [-0.2, -0.15) is 10.5 Å². The van der Waals surface area contributed by atoms with Crippen LogP contribution in [0.15, 0.2) is 109 Å². The van der Waals surface area contributed by atoms with E-state index >= 15 is 0 Å². The van der Waals surface area contributed by atoms with Gasteiger partial charge in [-0.25, -0.2) is 0 Å². The average Bonchev–Trinajstić information content (AvgIpc) is 2.80. The van der Waals surface area contributed by atoms with Crippen LogP contribution in [0.5, 0.6) is 0 Å². The standard InChI is InChI=1S/C26H17N3/c27-18-24(21-10-3-1-4-11-21)26(19-28)29(22-14-5-2-6-15-22)25-17-9-13-20-12-7-8-16-23(20)25/h1-17H/b26-24+. The van der Waals surface area contributed by atoms with Gasteiger partial charge in [0.15, 0.2) is 0 Å². The lowest BCUT2D eigenvalue weighted by molar-refractivity contribution is 1.22. The summed E-state index contributed by atoms with van der Waals surface area (Å²) in [5.41, 5.74) is 3.03. The largest absolute Gasteiger partial charge is 0.300 e. The van der Waals surface area contributed by atoms with Gasteiger partial charge in [-0.05, 0) is 29.1 Å². The predicted octanol–water partition coefficient (Wildman–Crippen LogP) is 6.44. The summed E-state index contributed by atoms with van der Waals surface area (Å²) in [4.78, 5) is 1.87. The fourth-order valence-electron chi connectivity index (χ4n) is 3.45. The van der Waals surface area contributed by atoms with Gasteiger partial charge in [0, 0.05) is 11.1 Å². The number of para-hydroxylation sites is 1. The van der Waals surface area contributed by atoms with E-state index in [1.807, 2.05) is 108 Å². The van der Waals surface area contributed by atoms with Gasteiger partial charge >= 0.3 is 0 Å². The second-order valence-corrected chi connectivity index (χ2v) is 6.48. The molecule has 0 saturated heterocycles. The van der Waals surface area contributed by atoms with Gasteiger partial charge < -0.3 is 0 Å². The number of rotatable bonds is 4. The second kappa shape index (κ2) is 8.13. The lowest BCUT2D eigenvalue weighted by Crippen LogP contribution is -2.17. The molecule has 0 aliphatic rings. The summed E-state index contributed by atoms with van der Waals surface area (Å²) in [7, 11) is 0. The van der Waals surface area contributed by atoms with Gasteiger partial charge in [0.1, 0.15) is 17.8 Å². The summed E-state index contributed by atoms with van der Waals surface area (Å²) < 4.78 is 0. The maximum Gasteiger partial charge on any atom is 0.143 e. The molecule has 0 N–H and O–H groups in total. The average molecular weight is 371 g/mol. The Hall–Kier alpha value is -4.34. The van der Waals surface area contributed by atoms with Crippen LogP contribution < -0.4 is 4.90 Å². The lowest BCUT2D eigenvalue weighted by Gasteiger charge is -2.26. The van der Waals surface area contributed by atoms with E-state index in [2.05, 4.69) is 12.1 Å². The predicted molar refractivity (Wildman–Crippen MR) is 117 cm³/mol.